The fourth-order valence-electron chi connectivity index (χ4n) is 2.79. The summed E-state index contributed by atoms with van der Waals surface area (Å²) < 4.78 is 75.1. The van der Waals surface area contributed by atoms with Crippen LogP contribution in [-0.2, 0) is 10.0 Å². The van der Waals surface area contributed by atoms with Gasteiger partial charge in [0.05, 0.1) is 22.8 Å². The maximum absolute atomic E-state index is 12.9. The molecule has 7 nitrogen and oxygen atoms in total. The number of ketones is 1. The number of carbonyl (C=O) groups is 1. The monoisotopic (exact) mass is 480 g/mol. The zero-order valence-electron chi connectivity index (χ0n) is 17.5. The number of benzene rings is 2. The van der Waals surface area contributed by atoms with Crippen molar-refractivity contribution >= 4 is 21.6 Å². The fourth-order valence-corrected chi connectivity index (χ4v) is 3.82. The second-order valence-electron chi connectivity index (χ2n) is 7.05. The van der Waals surface area contributed by atoms with E-state index in [-0.39, 0.29) is 16.6 Å². The Morgan fingerprint density at radius 3 is 2.21 bits per heavy atom. The van der Waals surface area contributed by atoms with E-state index < -0.39 is 39.3 Å². The molecule has 0 fully saturated rings. The molecule has 0 atom stereocenters. The lowest BCUT2D eigenvalue weighted by atomic mass is 10.0. The molecule has 0 aliphatic rings. The van der Waals surface area contributed by atoms with Crippen molar-refractivity contribution < 1.29 is 35.9 Å². The molecular weight excluding hydrogens is 461 g/mol. The predicted molar refractivity (Wildman–Crippen MR) is 114 cm³/mol. The molecule has 0 aliphatic carbocycles. The average molecular weight is 480 g/mol. The lowest BCUT2D eigenvalue weighted by Gasteiger charge is -2.15. The van der Waals surface area contributed by atoms with Crippen molar-refractivity contribution in [3.05, 3.63) is 78.0 Å². The minimum absolute atomic E-state index is 0.112. The van der Waals surface area contributed by atoms with Crippen molar-refractivity contribution in [1.29, 1.82) is 0 Å². The van der Waals surface area contributed by atoms with E-state index >= 15 is 0 Å². The number of halogens is 3. The molecule has 2 aromatic carbocycles. The van der Waals surface area contributed by atoms with E-state index in [9.17, 15) is 26.4 Å². The van der Waals surface area contributed by atoms with Gasteiger partial charge in [0.15, 0.2) is 11.6 Å². The first-order chi connectivity index (χ1) is 15.4. The Balaban J connectivity index is 1.98. The van der Waals surface area contributed by atoms with Crippen LogP contribution < -0.4 is 14.2 Å². The molecule has 0 bridgehead atoms. The van der Waals surface area contributed by atoms with Crippen LogP contribution in [0.3, 0.4) is 0 Å². The van der Waals surface area contributed by atoms with Crippen LogP contribution in [-0.4, -0.2) is 31.7 Å². The lowest BCUT2D eigenvalue weighted by molar-refractivity contribution is -0.274. The van der Waals surface area contributed by atoms with Gasteiger partial charge in [-0.2, -0.15) is 0 Å². The number of hydrogen-bond acceptors (Lipinski definition) is 6. The number of carbonyl (C=O) groups excluding carboxylic acids is 1. The van der Waals surface area contributed by atoms with Crippen LogP contribution in [0.25, 0.3) is 0 Å². The van der Waals surface area contributed by atoms with Gasteiger partial charge in [0.2, 0.25) is 0 Å². The van der Waals surface area contributed by atoms with Gasteiger partial charge in [-0.25, -0.2) is 13.4 Å². The van der Waals surface area contributed by atoms with Gasteiger partial charge in [0.1, 0.15) is 11.5 Å². The highest BCUT2D eigenvalue weighted by atomic mass is 32.2. The average Bonchev–Trinajstić information content (AvgIpc) is 2.74. The molecular formula is C22H19F3N2O5S. The Labute approximate surface area is 188 Å². The minimum Gasteiger partial charge on any atom is -0.491 e. The van der Waals surface area contributed by atoms with Gasteiger partial charge < -0.3 is 9.47 Å². The number of aromatic nitrogens is 1. The summed E-state index contributed by atoms with van der Waals surface area (Å²) in [6.07, 6.45) is -4.46. The van der Waals surface area contributed by atoms with Crippen molar-refractivity contribution in [2.24, 2.45) is 0 Å². The Morgan fingerprint density at radius 1 is 1.00 bits per heavy atom. The highest BCUT2D eigenvalue weighted by Gasteiger charge is 2.32. The highest BCUT2D eigenvalue weighted by molar-refractivity contribution is 7.92. The second-order valence-corrected chi connectivity index (χ2v) is 8.74. The summed E-state index contributed by atoms with van der Waals surface area (Å²) in [5.74, 6) is -1.49. The van der Waals surface area contributed by atoms with E-state index in [1.807, 2.05) is 13.8 Å². The van der Waals surface area contributed by atoms with Gasteiger partial charge in [0.25, 0.3) is 10.0 Å². The second kappa shape index (κ2) is 9.49. The van der Waals surface area contributed by atoms with E-state index in [0.717, 1.165) is 6.07 Å². The molecule has 0 saturated heterocycles. The van der Waals surface area contributed by atoms with Gasteiger partial charge in [-0.15, -0.1) is 13.2 Å². The van der Waals surface area contributed by atoms with E-state index in [4.69, 9.17) is 4.74 Å². The molecule has 174 valence electrons. The molecule has 11 heteroatoms. The predicted octanol–water partition coefficient (Wildman–Crippen LogP) is 4.80. The fraction of sp³-hybridized carbons (Fsp3) is 0.182. The Bertz CT molecular complexity index is 1230. The number of alkyl halides is 3. The Hall–Kier alpha value is -3.60. The molecule has 0 saturated carbocycles. The molecule has 0 unspecified atom stereocenters. The molecule has 33 heavy (non-hydrogen) atoms. The third kappa shape index (κ3) is 6.45. The number of hydrogen-bond donors (Lipinski definition) is 1. The maximum Gasteiger partial charge on any atom is 0.573 e. The van der Waals surface area contributed by atoms with Crippen LogP contribution in [0.1, 0.15) is 29.8 Å². The van der Waals surface area contributed by atoms with E-state index in [2.05, 4.69) is 14.4 Å². The van der Waals surface area contributed by atoms with Crippen LogP contribution in [0, 0.1) is 0 Å². The van der Waals surface area contributed by atoms with Crippen molar-refractivity contribution in [2.45, 2.75) is 31.2 Å². The zero-order valence-corrected chi connectivity index (χ0v) is 18.3. The Kier molecular flexibility index (Phi) is 6.92. The van der Waals surface area contributed by atoms with Crippen LogP contribution >= 0.6 is 0 Å². The summed E-state index contributed by atoms with van der Waals surface area (Å²) in [5.41, 5.74) is -0.287. The van der Waals surface area contributed by atoms with E-state index in [0.29, 0.717) is 11.9 Å². The molecule has 3 rings (SSSR count). The minimum atomic E-state index is -5.02. The summed E-state index contributed by atoms with van der Waals surface area (Å²) in [7, 11) is -4.23. The number of rotatable bonds is 8. The summed E-state index contributed by atoms with van der Waals surface area (Å²) in [5, 5.41) is 0. The SMILES string of the molecule is CC(C)Oc1ccc(S(=O)(=O)Nc2ncc(OC(F)(F)F)cc2C(=O)c2ccccc2)cc1. The van der Waals surface area contributed by atoms with E-state index in [1.54, 1.807) is 18.2 Å². The molecule has 0 amide bonds. The van der Waals surface area contributed by atoms with Gasteiger partial charge in [0, 0.05) is 5.56 Å². The maximum atomic E-state index is 12.9. The van der Waals surface area contributed by atoms with E-state index in [1.165, 1.54) is 36.4 Å². The molecule has 1 N–H and O–H groups in total. The van der Waals surface area contributed by atoms with Gasteiger partial charge in [-0.3, -0.25) is 9.52 Å². The summed E-state index contributed by atoms with van der Waals surface area (Å²) >= 11 is 0. The van der Waals surface area contributed by atoms with Gasteiger partial charge >= 0.3 is 6.36 Å². The first-order valence-electron chi connectivity index (χ1n) is 9.60. The summed E-state index contributed by atoms with van der Waals surface area (Å²) in [6.45, 7) is 3.63. The molecule has 3 aromatic rings. The third-order valence-corrected chi connectivity index (χ3v) is 5.47. The normalized spacial score (nSPS) is 11.8. The molecule has 1 heterocycles. The van der Waals surface area contributed by atoms with Crippen LogP contribution in [0.15, 0.2) is 71.8 Å². The standard InChI is InChI=1S/C22H19F3N2O5S/c1-14(2)31-16-8-10-18(11-9-16)33(29,30)27-21-19(20(28)15-6-4-3-5-7-15)12-17(13-26-21)32-22(23,24)25/h3-14H,1-2H3,(H,26,27). The first-order valence-corrected chi connectivity index (χ1v) is 11.1. The van der Waals surface area contributed by atoms with Crippen LogP contribution in [0.5, 0.6) is 11.5 Å². The molecule has 0 radical (unpaired) electrons. The number of nitrogens with zero attached hydrogens (tertiary/aromatic N) is 1. The summed E-state index contributed by atoms with van der Waals surface area (Å²) in [4.78, 5) is 16.5. The molecule has 1 aromatic heterocycles. The number of ether oxygens (including phenoxy) is 2. The quantitative estimate of drug-likeness (QED) is 0.466. The molecule has 0 spiro atoms. The van der Waals surface area contributed by atoms with Gasteiger partial charge in [-0.05, 0) is 44.2 Å². The zero-order chi connectivity index (χ0) is 24.2. The van der Waals surface area contributed by atoms with Gasteiger partial charge in [-0.1, -0.05) is 30.3 Å². The van der Waals surface area contributed by atoms with Crippen molar-refractivity contribution in [3.8, 4) is 11.5 Å². The van der Waals surface area contributed by atoms with Crippen molar-refractivity contribution in [1.82, 2.24) is 4.98 Å². The highest BCUT2D eigenvalue weighted by Crippen LogP contribution is 2.28. The Morgan fingerprint density at radius 2 is 1.64 bits per heavy atom. The van der Waals surface area contributed by atoms with Crippen molar-refractivity contribution in [2.75, 3.05) is 4.72 Å². The largest absolute Gasteiger partial charge is 0.573 e. The lowest BCUT2D eigenvalue weighted by Crippen LogP contribution is -2.20. The number of pyridine rings is 1. The van der Waals surface area contributed by atoms with Crippen LogP contribution in [0.4, 0.5) is 19.0 Å². The first kappa shape index (κ1) is 24.1. The summed E-state index contributed by atoms with van der Waals surface area (Å²) in [6, 6.07) is 13.9. The van der Waals surface area contributed by atoms with Crippen LogP contribution in [0.2, 0.25) is 0 Å². The third-order valence-electron chi connectivity index (χ3n) is 4.11. The topological polar surface area (TPSA) is 94.6 Å². The number of sulfonamides is 1. The number of nitrogens with one attached hydrogen (secondary N) is 1. The van der Waals surface area contributed by atoms with Crippen molar-refractivity contribution in [3.63, 3.8) is 0 Å². The number of anilines is 1. The molecule has 0 aliphatic heterocycles. The smallest absolute Gasteiger partial charge is 0.491 e.